The first-order valence-electron chi connectivity index (χ1n) is 7.54. The Labute approximate surface area is 140 Å². The highest BCUT2D eigenvalue weighted by Crippen LogP contribution is 2.17. The number of ether oxygens (including phenoxy) is 1. The van der Waals surface area contributed by atoms with Crippen LogP contribution in [0, 0.1) is 5.82 Å². The van der Waals surface area contributed by atoms with E-state index in [1.165, 1.54) is 12.1 Å². The number of carbonyl (C=O) groups is 2. The minimum Gasteiger partial charge on any atom is -0.385 e. The van der Waals surface area contributed by atoms with Crippen molar-refractivity contribution in [1.29, 1.82) is 0 Å². The third-order valence-corrected chi connectivity index (χ3v) is 4.06. The van der Waals surface area contributed by atoms with Crippen LogP contribution in [-0.4, -0.2) is 61.5 Å². The summed E-state index contributed by atoms with van der Waals surface area (Å²) >= 11 is 5.70. The second-order valence-corrected chi connectivity index (χ2v) is 5.83. The van der Waals surface area contributed by atoms with E-state index in [2.05, 4.69) is 0 Å². The average molecular weight is 343 g/mol. The molecule has 1 aromatic carbocycles. The molecule has 0 N–H and O–H groups in total. The zero-order chi connectivity index (χ0) is 16.8. The SMILES string of the molecule is COCCCC(=O)N1CCN(C(=O)c2ccc(Cl)cc2F)CC1. The van der Waals surface area contributed by atoms with Crippen molar-refractivity contribution in [1.82, 2.24) is 9.80 Å². The highest BCUT2D eigenvalue weighted by molar-refractivity contribution is 6.30. The third-order valence-electron chi connectivity index (χ3n) is 3.82. The van der Waals surface area contributed by atoms with E-state index in [4.69, 9.17) is 16.3 Å². The molecule has 2 rings (SSSR count). The van der Waals surface area contributed by atoms with Crippen molar-refractivity contribution in [2.45, 2.75) is 12.8 Å². The van der Waals surface area contributed by atoms with E-state index in [-0.39, 0.29) is 22.4 Å². The Morgan fingerprint density at radius 1 is 1.22 bits per heavy atom. The predicted octanol–water partition coefficient (Wildman–Crippen LogP) is 2.19. The second-order valence-electron chi connectivity index (χ2n) is 5.39. The summed E-state index contributed by atoms with van der Waals surface area (Å²) in [5, 5.41) is 0.255. The first-order valence-corrected chi connectivity index (χ1v) is 7.91. The van der Waals surface area contributed by atoms with Gasteiger partial charge in [-0.05, 0) is 24.6 Å². The quantitative estimate of drug-likeness (QED) is 0.771. The van der Waals surface area contributed by atoms with E-state index >= 15 is 0 Å². The Balaban J connectivity index is 1.88. The summed E-state index contributed by atoms with van der Waals surface area (Å²) in [6.07, 6.45) is 1.12. The lowest BCUT2D eigenvalue weighted by atomic mass is 10.1. The van der Waals surface area contributed by atoms with Gasteiger partial charge in [0.15, 0.2) is 0 Å². The van der Waals surface area contributed by atoms with E-state index in [0.717, 1.165) is 6.07 Å². The molecule has 2 amide bonds. The van der Waals surface area contributed by atoms with E-state index in [0.29, 0.717) is 45.6 Å². The summed E-state index contributed by atoms with van der Waals surface area (Å²) in [7, 11) is 1.60. The molecule has 0 bridgehead atoms. The number of benzene rings is 1. The Morgan fingerprint density at radius 2 is 1.87 bits per heavy atom. The third kappa shape index (κ3) is 4.65. The Morgan fingerprint density at radius 3 is 2.48 bits per heavy atom. The molecule has 1 heterocycles. The van der Waals surface area contributed by atoms with Gasteiger partial charge in [0, 0.05) is 51.3 Å². The molecule has 1 fully saturated rings. The molecule has 7 heteroatoms. The first kappa shape index (κ1) is 17.7. The lowest BCUT2D eigenvalue weighted by Crippen LogP contribution is -2.50. The van der Waals surface area contributed by atoms with E-state index < -0.39 is 5.82 Å². The molecule has 1 aromatic rings. The minimum absolute atomic E-state index is 0.00858. The molecule has 5 nitrogen and oxygen atoms in total. The fourth-order valence-corrected chi connectivity index (χ4v) is 2.68. The molecule has 0 aliphatic carbocycles. The van der Waals surface area contributed by atoms with Crippen LogP contribution in [0.25, 0.3) is 0 Å². The molecular formula is C16H20ClFN2O3. The van der Waals surface area contributed by atoms with Crippen molar-refractivity contribution in [2.75, 3.05) is 39.9 Å². The number of nitrogens with zero attached hydrogens (tertiary/aromatic N) is 2. The van der Waals surface area contributed by atoms with Crippen LogP contribution >= 0.6 is 11.6 Å². The van der Waals surface area contributed by atoms with Gasteiger partial charge in [-0.1, -0.05) is 11.6 Å². The maximum absolute atomic E-state index is 13.8. The number of hydrogen-bond acceptors (Lipinski definition) is 3. The molecule has 0 saturated carbocycles. The van der Waals surface area contributed by atoms with Crippen molar-refractivity contribution in [3.8, 4) is 0 Å². The predicted molar refractivity (Wildman–Crippen MR) is 85.0 cm³/mol. The molecule has 0 aromatic heterocycles. The van der Waals surface area contributed by atoms with Crippen LogP contribution in [-0.2, 0) is 9.53 Å². The minimum atomic E-state index is -0.624. The van der Waals surface area contributed by atoms with Crippen molar-refractivity contribution in [3.05, 3.63) is 34.6 Å². The van der Waals surface area contributed by atoms with Crippen LogP contribution in [0.2, 0.25) is 5.02 Å². The Kier molecular flexibility index (Phi) is 6.36. The number of piperazine rings is 1. The topological polar surface area (TPSA) is 49.9 Å². The average Bonchev–Trinajstić information content (AvgIpc) is 2.54. The molecule has 0 unspecified atom stereocenters. The summed E-state index contributed by atoms with van der Waals surface area (Å²) in [5.74, 6) is -0.932. The van der Waals surface area contributed by atoms with Crippen molar-refractivity contribution < 1.29 is 18.7 Å². The normalized spacial score (nSPS) is 14.9. The number of halogens is 2. The first-order chi connectivity index (χ1) is 11.0. The maximum atomic E-state index is 13.8. The zero-order valence-electron chi connectivity index (χ0n) is 13.1. The Bertz CT molecular complexity index is 574. The fourth-order valence-electron chi connectivity index (χ4n) is 2.52. The van der Waals surface area contributed by atoms with Crippen LogP contribution in [0.15, 0.2) is 18.2 Å². The van der Waals surface area contributed by atoms with E-state index in [1.54, 1.807) is 16.9 Å². The van der Waals surface area contributed by atoms with Gasteiger partial charge in [0.1, 0.15) is 5.82 Å². The lowest BCUT2D eigenvalue weighted by molar-refractivity contribution is -0.133. The summed E-state index contributed by atoms with van der Waals surface area (Å²) in [5.41, 5.74) is 0.00858. The zero-order valence-corrected chi connectivity index (χ0v) is 13.8. The van der Waals surface area contributed by atoms with Gasteiger partial charge in [-0.25, -0.2) is 4.39 Å². The number of amides is 2. The Hall–Kier alpha value is -1.66. The molecule has 0 atom stereocenters. The van der Waals surface area contributed by atoms with Gasteiger partial charge < -0.3 is 14.5 Å². The van der Waals surface area contributed by atoms with Crippen LogP contribution < -0.4 is 0 Å². The second kappa shape index (κ2) is 8.26. The summed E-state index contributed by atoms with van der Waals surface area (Å²) in [6.45, 7) is 2.29. The van der Waals surface area contributed by atoms with Crippen LogP contribution in [0.4, 0.5) is 4.39 Å². The molecule has 1 saturated heterocycles. The van der Waals surface area contributed by atoms with Crippen molar-refractivity contribution in [2.24, 2.45) is 0 Å². The van der Waals surface area contributed by atoms with Gasteiger partial charge in [-0.15, -0.1) is 0 Å². The van der Waals surface area contributed by atoms with Crippen molar-refractivity contribution in [3.63, 3.8) is 0 Å². The maximum Gasteiger partial charge on any atom is 0.256 e. The summed E-state index contributed by atoms with van der Waals surface area (Å²) in [6, 6.07) is 4.01. The van der Waals surface area contributed by atoms with Gasteiger partial charge in [-0.3, -0.25) is 9.59 Å². The molecule has 0 radical (unpaired) electrons. The summed E-state index contributed by atoms with van der Waals surface area (Å²) in [4.78, 5) is 27.6. The fraction of sp³-hybridized carbons (Fsp3) is 0.500. The van der Waals surface area contributed by atoms with Gasteiger partial charge in [-0.2, -0.15) is 0 Å². The van der Waals surface area contributed by atoms with Crippen molar-refractivity contribution >= 4 is 23.4 Å². The molecule has 1 aliphatic rings. The van der Waals surface area contributed by atoms with Crippen LogP contribution in [0.5, 0.6) is 0 Å². The monoisotopic (exact) mass is 342 g/mol. The standard InChI is InChI=1S/C16H20ClFN2O3/c1-23-10-2-3-15(21)19-6-8-20(9-7-19)16(22)13-5-4-12(17)11-14(13)18/h4-5,11H,2-3,6-10H2,1H3. The number of hydrogen-bond donors (Lipinski definition) is 0. The van der Waals surface area contributed by atoms with E-state index in [9.17, 15) is 14.0 Å². The van der Waals surface area contributed by atoms with E-state index in [1.807, 2.05) is 0 Å². The molecule has 0 spiro atoms. The van der Waals surface area contributed by atoms with Gasteiger partial charge in [0.2, 0.25) is 5.91 Å². The number of methoxy groups -OCH3 is 1. The molecule has 126 valence electrons. The number of carbonyl (C=O) groups excluding carboxylic acids is 2. The van der Waals surface area contributed by atoms with Gasteiger partial charge in [0.05, 0.1) is 5.56 Å². The number of rotatable bonds is 5. The molecule has 23 heavy (non-hydrogen) atoms. The van der Waals surface area contributed by atoms with Crippen LogP contribution in [0.3, 0.4) is 0 Å². The van der Waals surface area contributed by atoms with Gasteiger partial charge >= 0.3 is 0 Å². The van der Waals surface area contributed by atoms with Crippen LogP contribution in [0.1, 0.15) is 23.2 Å². The largest absolute Gasteiger partial charge is 0.385 e. The summed E-state index contributed by atoms with van der Waals surface area (Å²) < 4.78 is 18.8. The highest BCUT2D eigenvalue weighted by Gasteiger charge is 2.26. The molecule has 1 aliphatic heterocycles. The molecular weight excluding hydrogens is 323 g/mol. The van der Waals surface area contributed by atoms with Gasteiger partial charge in [0.25, 0.3) is 5.91 Å². The smallest absolute Gasteiger partial charge is 0.256 e. The highest BCUT2D eigenvalue weighted by atomic mass is 35.5. The lowest BCUT2D eigenvalue weighted by Gasteiger charge is -2.35.